The van der Waals surface area contributed by atoms with Gasteiger partial charge < -0.3 is 10.2 Å². The van der Waals surface area contributed by atoms with Crippen molar-refractivity contribution < 1.29 is 9.69 Å². The SMILES string of the molecule is C[C@@H]1C[C@H](C)C[NH+](CC(=O)N[C@@H](C)c2ccc(Br)cc2)C1. The monoisotopic (exact) mass is 353 g/mol. The summed E-state index contributed by atoms with van der Waals surface area (Å²) in [5, 5.41) is 3.12. The van der Waals surface area contributed by atoms with E-state index in [1.807, 2.05) is 31.2 Å². The normalized spacial score (nSPS) is 27.1. The number of likely N-dealkylation sites (tertiary alicyclic amines) is 1. The third-order valence-corrected chi connectivity index (χ3v) is 4.77. The summed E-state index contributed by atoms with van der Waals surface area (Å²) in [7, 11) is 0. The maximum Gasteiger partial charge on any atom is 0.275 e. The van der Waals surface area contributed by atoms with E-state index >= 15 is 0 Å². The number of carbonyl (C=O) groups is 1. The summed E-state index contributed by atoms with van der Waals surface area (Å²) in [5.74, 6) is 1.60. The molecule has 2 N–H and O–H groups in total. The number of carbonyl (C=O) groups excluding carboxylic acids is 1. The molecule has 1 aromatic rings. The topological polar surface area (TPSA) is 33.5 Å². The Morgan fingerprint density at radius 2 is 1.86 bits per heavy atom. The van der Waals surface area contributed by atoms with Crippen molar-refractivity contribution >= 4 is 21.8 Å². The molecule has 1 amide bonds. The van der Waals surface area contributed by atoms with Gasteiger partial charge in [-0.25, -0.2) is 0 Å². The fourth-order valence-electron chi connectivity index (χ4n) is 3.42. The molecule has 0 aliphatic carbocycles. The molecule has 4 heteroatoms. The first-order valence-corrected chi connectivity index (χ1v) is 8.61. The lowest BCUT2D eigenvalue weighted by atomic mass is 9.92. The Morgan fingerprint density at radius 1 is 1.29 bits per heavy atom. The zero-order valence-corrected chi connectivity index (χ0v) is 14.7. The molecule has 0 spiro atoms. The van der Waals surface area contributed by atoms with Gasteiger partial charge in [0.1, 0.15) is 0 Å². The largest absolute Gasteiger partial charge is 0.345 e. The maximum absolute atomic E-state index is 12.2. The zero-order chi connectivity index (χ0) is 15.4. The summed E-state index contributed by atoms with van der Waals surface area (Å²) >= 11 is 3.43. The number of piperidine rings is 1. The third-order valence-electron chi connectivity index (χ3n) is 4.24. The highest BCUT2D eigenvalue weighted by atomic mass is 79.9. The van der Waals surface area contributed by atoms with Gasteiger partial charge in [0.25, 0.3) is 5.91 Å². The van der Waals surface area contributed by atoms with Crippen molar-refractivity contribution in [2.45, 2.75) is 33.2 Å². The minimum atomic E-state index is 0.0598. The van der Waals surface area contributed by atoms with Crippen molar-refractivity contribution in [3.63, 3.8) is 0 Å². The summed E-state index contributed by atoms with van der Waals surface area (Å²) in [6, 6.07) is 8.18. The van der Waals surface area contributed by atoms with Crippen molar-refractivity contribution in [3.05, 3.63) is 34.3 Å². The van der Waals surface area contributed by atoms with Crippen LogP contribution in [0.5, 0.6) is 0 Å². The molecule has 0 saturated carbocycles. The molecule has 0 radical (unpaired) electrons. The Hall–Kier alpha value is -0.870. The predicted octanol–water partition coefficient (Wildman–Crippen LogP) is 2.19. The van der Waals surface area contributed by atoms with Gasteiger partial charge in [-0.1, -0.05) is 41.9 Å². The Balaban J connectivity index is 1.85. The van der Waals surface area contributed by atoms with E-state index in [1.54, 1.807) is 0 Å². The van der Waals surface area contributed by atoms with Gasteiger partial charge in [-0.2, -0.15) is 0 Å². The van der Waals surface area contributed by atoms with Gasteiger partial charge in [-0.05, 0) is 31.0 Å². The van der Waals surface area contributed by atoms with Crippen LogP contribution < -0.4 is 10.2 Å². The number of quaternary nitrogens is 1. The van der Waals surface area contributed by atoms with Gasteiger partial charge in [0, 0.05) is 16.3 Å². The highest BCUT2D eigenvalue weighted by Crippen LogP contribution is 2.16. The van der Waals surface area contributed by atoms with Gasteiger partial charge >= 0.3 is 0 Å². The van der Waals surface area contributed by atoms with E-state index in [0.29, 0.717) is 6.54 Å². The molecule has 0 bridgehead atoms. The summed E-state index contributed by atoms with van der Waals surface area (Å²) in [6.07, 6.45) is 1.29. The fourth-order valence-corrected chi connectivity index (χ4v) is 3.69. The summed E-state index contributed by atoms with van der Waals surface area (Å²) < 4.78 is 1.06. The lowest BCUT2D eigenvalue weighted by Gasteiger charge is -2.31. The molecule has 1 aliphatic rings. The summed E-state index contributed by atoms with van der Waals surface area (Å²) in [5.41, 5.74) is 1.14. The zero-order valence-electron chi connectivity index (χ0n) is 13.2. The van der Waals surface area contributed by atoms with Gasteiger partial charge in [-0.15, -0.1) is 0 Å². The van der Waals surface area contributed by atoms with Gasteiger partial charge in [0.2, 0.25) is 0 Å². The molecule has 1 saturated heterocycles. The van der Waals surface area contributed by atoms with E-state index in [4.69, 9.17) is 0 Å². The van der Waals surface area contributed by atoms with Crippen LogP contribution in [0.15, 0.2) is 28.7 Å². The van der Waals surface area contributed by atoms with E-state index < -0.39 is 0 Å². The van der Waals surface area contributed by atoms with Crippen molar-refractivity contribution in [3.8, 4) is 0 Å². The van der Waals surface area contributed by atoms with Crippen LogP contribution in [0.4, 0.5) is 0 Å². The van der Waals surface area contributed by atoms with Crippen LogP contribution in [0.25, 0.3) is 0 Å². The number of halogens is 1. The lowest BCUT2D eigenvalue weighted by Crippen LogP contribution is -3.15. The first-order chi connectivity index (χ1) is 9.94. The number of nitrogens with one attached hydrogen (secondary N) is 2. The Morgan fingerprint density at radius 3 is 2.43 bits per heavy atom. The second kappa shape index (κ2) is 7.41. The van der Waals surface area contributed by atoms with Crippen LogP contribution in [-0.4, -0.2) is 25.5 Å². The predicted molar refractivity (Wildman–Crippen MR) is 89.2 cm³/mol. The molecular formula is C17H26BrN2O+. The molecule has 1 aromatic carbocycles. The molecule has 0 aromatic heterocycles. The molecule has 1 aliphatic heterocycles. The Labute approximate surface area is 136 Å². The molecule has 4 atom stereocenters. The van der Waals surface area contributed by atoms with Crippen LogP contribution in [0.2, 0.25) is 0 Å². The average Bonchev–Trinajstić information content (AvgIpc) is 2.37. The number of hydrogen-bond acceptors (Lipinski definition) is 1. The van der Waals surface area contributed by atoms with Gasteiger partial charge in [-0.3, -0.25) is 4.79 Å². The minimum absolute atomic E-state index is 0.0598. The first-order valence-electron chi connectivity index (χ1n) is 7.82. The highest BCUT2D eigenvalue weighted by Gasteiger charge is 2.27. The smallest absolute Gasteiger partial charge is 0.275 e. The van der Waals surface area contributed by atoms with Crippen LogP contribution in [0, 0.1) is 11.8 Å². The Kier molecular flexibility index (Phi) is 5.82. The highest BCUT2D eigenvalue weighted by molar-refractivity contribution is 9.10. The quantitative estimate of drug-likeness (QED) is 0.854. The average molecular weight is 354 g/mol. The van der Waals surface area contributed by atoms with Crippen molar-refractivity contribution in [1.29, 1.82) is 0 Å². The van der Waals surface area contributed by atoms with E-state index in [9.17, 15) is 4.79 Å². The molecule has 3 nitrogen and oxygen atoms in total. The standard InChI is InChI=1S/C17H25BrN2O/c1-12-8-13(2)10-20(9-12)11-17(21)19-14(3)15-4-6-16(18)7-5-15/h4-7,12-14H,8-11H2,1-3H3,(H,19,21)/p+1/t12-,13+,14-/m0/s1. The fraction of sp³-hybridized carbons (Fsp3) is 0.588. The molecule has 2 rings (SSSR count). The van der Waals surface area contributed by atoms with E-state index in [1.165, 1.54) is 11.3 Å². The second-order valence-electron chi connectivity index (χ2n) is 6.62. The van der Waals surface area contributed by atoms with E-state index in [0.717, 1.165) is 35.0 Å². The number of benzene rings is 1. The van der Waals surface area contributed by atoms with Crippen molar-refractivity contribution in [2.75, 3.05) is 19.6 Å². The third kappa shape index (κ3) is 5.11. The first kappa shape index (κ1) is 16.5. The molecule has 116 valence electrons. The summed E-state index contributed by atoms with van der Waals surface area (Å²) in [6.45, 7) is 9.44. The van der Waals surface area contributed by atoms with Crippen LogP contribution in [0.1, 0.15) is 38.8 Å². The lowest BCUT2D eigenvalue weighted by molar-refractivity contribution is -0.904. The summed E-state index contributed by atoms with van der Waals surface area (Å²) in [4.78, 5) is 13.7. The molecular weight excluding hydrogens is 328 g/mol. The molecule has 1 heterocycles. The molecule has 1 unspecified atom stereocenters. The molecule has 1 fully saturated rings. The minimum Gasteiger partial charge on any atom is -0.345 e. The number of rotatable bonds is 4. The van der Waals surface area contributed by atoms with Crippen LogP contribution in [0.3, 0.4) is 0 Å². The van der Waals surface area contributed by atoms with Crippen molar-refractivity contribution in [2.24, 2.45) is 11.8 Å². The van der Waals surface area contributed by atoms with E-state index in [2.05, 4.69) is 35.1 Å². The van der Waals surface area contributed by atoms with E-state index in [-0.39, 0.29) is 11.9 Å². The van der Waals surface area contributed by atoms with Crippen LogP contribution >= 0.6 is 15.9 Å². The second-order valence-corrected chi connectivity index (χ2v) is 7.54. The molecule has 21 heavy (non-hydrogen) atoms. The van der Waals surface area contributed by atoms with Gasteiger partial charge in [0.15, 0.2) is 6.54 Å². The van der Waals surface area contributed by atoms with Crippen LogP contribution in [-0.2, 0) is 4.79 Å². The number of hydrogen-bond donors (Lipinski definition) is 2. The Bertz CT molecular complexity index is 464. The maximum atomic E-state index is 12.2. The van der Waals surface area contributed by atoms with Crippen molar-refractivity contribution in [1.82, 2.24) is 5.32 Å². The number of amides is 1. The van der Waals surface area contributed by atoms with Gasteiger partial charge in [0.05, 0.1) is 19.1 Å².